The SMILES string of the molecule is CC(O)CC(CNC(=O)Cn1c(=O)cnc2ccccc21)c1ccccc1. The predicted molar refractivity (Wildman–Crippen MR) is 104 cm³/mol. The molecule has 2 aromatic carbocycles. The molecule has 3 aromatic rings. The summed E-state index contributed by atoms with van der Waals surface area (Å²) in [6, 6.07) is 17.0. The summed E-state index contributed by atoms with van der Waals surface area (Å²) in [5.74, 6) is -0.249. The first-order valence-corrected chi connectivity index (χ1v) is 8.99. The van der Waals surface area contributed by atoms with Crippen molar-refractivity contribution in [2.24, 2.45) is 0 Å². The second-order valence-corrected chi connectivity index (χ2v) is 6.67. The summed E-state index contributed by atoms with van der Waals surface area (Å²) in [5, 5.41) is 12.7. The molecule has 3 rings (SSSR count). The summed E-state index contributed by atoms with van der Waals surface area (Å²) in [6.07, 6.45) is 1.30. The highest BCUT2D eigenvalue weighted by Gasteiger charge is 2.16. The molecule has 1 aromatic heterocycles. The van der Waals surface area contributed by atoms with E-state index in [9.17, 15) is 14.7 Å². The molecule has 0 aliphatic rings. The molecule has 0 spiro atoms. The molecular formula is C21H23N3O3. The molecule has 0 saturated carbocycles. The van der Waals surface area contributed by atoms with Crippen molar-refractivity contribution in [3.63, 3.8) is 0 Å². The Morgan fingerprint density at radius 3 is 2.59 bits per heavy atom. The third-order valence-corrected chi connectivity index (χ3v) is 4.50. The monoisotopic (exact) mass is 365 g/mol. The first-order valence-electron chi connectivity index (χ1n) is 8.99. The highest BCUT2D eigenvalue weighted by Crippen LogP contribution is 2.20. The fourth-order valence-electron chi connectivity index (χ4n) is 3.19. The molecule has 2 atom stereocenters. The number of aromatic nitrogens is 2. The maximum Gasteiger partial charge on any atom is 0.269 e. The number of aliphatic hydroxyl groups excluding tert-OH is 1. The fourth-order valence-corrected chi connectivity index (χ4v) is 3.19. The zero-order valence-electron chi connectivity index (χ0n) is 15.2. The lowest BCUT2D eigenvalue weighted by Gasteiger charge is -2.20. The molecule has 0 aliphatic heterocycles. The number of rotatable bonds is 7. The zero-order valence-corrected chi connectivity index (χ0v) is 15.2. The fraction of sp³-hybridized carbons (Fsp3) is 0.286. The van der Waals surface area contributed by atoms with Crippen molar-refractivity contribution in [3.05, 3.63) is 76.7 Å². The molecule has 0 saturated heterocycles. The number of carbonyl (C=O) groups excluding carboxylic acids is 1. The lowest BCUT2D eigenvalue weighted by atomic mass is 9.93. The van der Waals surface area contributed by atoms with Gasteiger partial charge in [-0.2, -0.15) is 0 Å². The minimum Gasteiger partial charge on any atom is -0.393 e. The smallest absolute Gasteiger partial charge is 0.269 e. The number of aliphatic hydroxyl groups is 1. The van der Waals surface area contributed by atoms with Gasteiger partial charge in [0.25, 0.3) is 5.56 Å². The quantitative estimate of drug-likeness (QED) is 0.671. The van der Waals surface area contributed by atoms with Gasteiger partial charge in [0.15, 0.2) is 0 Å². The largest absolute Gasteiger partial charge is 0.393 e. The van der Waals surface area contributed by atoms with Gasteiger partial charge < -0.3 is 10.4 Å². The van der Waals surface area contributed by atoms with Crippen LogP contribution in [0.25, 0.3) is 11.0 Å². The van der Waals surface area contributed by atoms with Crippen molar-refractivity contribution in [1.29, 1.82) is 0 Å². The van der Waals surface area contributed by atoms with Crippen LogP contribution >= 0.6 is 0 Å². The second kappa shape index (κ2) is 8.60. The molecule has 140 valence electrons. The van der Waals surface area contributed by atoms with Crippen molar-refractivity contribution in [1.82, 2.24) is 14.9 Å². The van der Waals surface area contributed by atoms with Crippen molar-refractivity contribution in [2.75, 3.05) is 6.54 Å². The molecule has 6 nitrogen and oxygen atoms in total. The van der Waals surface area contributed by atoms with Gasteiger partial charge in [0.2, 0.25) is 5.91 Å². The van der Waals surface area contributed by atoms with Crippen LogP contribution in [0.5, 0.6) is 0 Å². The summed E-state index contributed by atoms with van der Waals surface area (Å²) in [5.41, 5.74) is 2.04. The lowest BCUT2D eigenvalue weighted by Crippen LogP contribution is -2.35. The van der Waals surface area contributed by atoms with Gasteiger partial charge in [0, 0.05) is 12.5 Å². The van der Waals surface area contributed by atoms with Crippen LogP contribution < -0.4 is 10.9 Å². The van der Waals surface area contributed by atoms with Crippen LogP contribution in [-0.2, 0) is 11.3 Å². The topological polar surface area (TPSA) is 84.2 Å². The second-order valence-electron chi connectivity index (χ2n) is 6.67. The van der Waals surface area contributed by atoms with E-state index in [0.717, 1.165) is 5.56 Å². The summed E-state index contributed by atoms with van der Waals surface area (Å²) < 4.78 is 1.42. The van der Waals surface area contributed by atoms with E-state index in [-0.39, 0.29) is 23.9 Å². The van der Waals surface area contributed by atoms with Crippen LogP contribution in [0.3, 0.4) is 0 Å². The first kappa shape index (κ1) is 18.8. The number of hydrogen-bond donors (Lipinski definition) is 2. The summed E-state index contributed by atoms with van der Waals surface area (Å²) in [7, 11) is 0. The normalized spacial score (nSPS) is 13.3. The van der Waals surface area contributed by atoms with Gasteiger partial charge in [-0.15, -0.1) is 0 Å². The molecule has 2 N–H and O–H groups in total. The van der Waals surface area contributed by atoms with E-state index in [1.54, 1.807) is 19.1 Å². The Balaban J connectivity index is 1.72. The highest BCUT2D eigenvalue weighted by molar-refractivity contribution is 5.79. The van der Waals surface area contributed by atoms with Crippen LogP contribution in [0.4, 0.5) is 0 Å². The van der Waals surface area contributed by atoms with Gasteiger partial charge in [-0.25, -0.2) is 4.98 Å². The van der Waals surface area contributed by atoms with Gasteiger partial charge in [-0.05, 0) is 31.0 Å². The minimum absolute atomic E-state index is 0.000978. The van der Waals surface area contributed by atoms with Gasteiger partial charge in [0.1, 0.15) is 6.54 Å². The van der Waals surface area contributed by atoms with E-state index in [2.05, 4.69) is 10.3 Å². The summed E-state index contributed by atoms with van der Waals surface area (Å²) in [4.78, 5) is 28.7. The summed E-state index contributed by atoms with van der Waals surface area (Å²) >= 11 is 0. The number of hydrogen-bond acceptors (Lipinski definition) is 4. The highest BCUT2D eigenvalue weighted by atomic mass is 16.3. The number of nitrogens with zero attached hydrogens (tertiary/aromatic N) is 2. The minimum atomic E-state index is -0.473. The van der Waals surface area contributed by atoms with Crippen molar-refractivity contribution in [2.45, 2.75) is 31.9 Å². The van der Waals surface area contributed by atoms with Crippen LogP contribution in [0.15, 0.2) is 65.6 Å². The molecule has 27 heavy (non-hydrogen) atoms. The Hall–Kier alpha value is -2.99. The number of para-hydroxylation sites is 2. The molecule has 0 bridgehead atoms. The molecule has 0 fully saturated rings. The van der Waals surface area contributed by atoms with Gasteiger partial charge in [-0.3, -0.25) is 14.2 Å². The average Bonchev–Trinajstić information content (AvgIpc) is 2.68. The summed E-state index contributed by atoms with van der Waals surface area (Å²) in [6.45, 7) is 2.06. The zero-order chi connectivity index (χ0) is 19.2. The Morgan fingerprint density at radius 1 is 1.15 bits per heavy atom. The number of nitrogens with one attached hydrogen (secondary N) is 1. The Kier molecular flexibility index (Phi) is 5.98. The maximum atomic E-state index is 12.5. The number of carbonyl (C=O) groups is 1. The van der Waals surface area contributed by atoms with E-state index in [0.29, 0.717) is 24.0 Å². The Labute approximate surface area is 157 Å². The van der Waals surface area contributed by atoms with Crippen molar-refractivity contribution < 1.29 is 9.90 Å². The number of amides is 1. The number of fused-ring (bicyclic) bond motifs is 1. The van der Waals surface area contributed by atoms with E-state index in [1.165, 1.54) is 10.8 Å². The van der Waals surface area contributed by atoms with Crippen molar-refractivity contribution >= 4 is 16.9 Å². The van der Waals surface area contributed by atoms with E-state index >= 15 is 0 Å². The van der Waals surface area contributed by atoms with Gasteiger partial charge >= 0.3 is 0 Å². The van der Waals surface area contributed by atoms with Gasteiger partial charge in [0.05, 0.1) is 23.3 Å². The average molecular weight is 365 g/mol. The number of benzene rings is 2. The maximum absolute atomic E-state index is 12.5. The molecule has 1 amide bonds. The van der Waals surface area contributed by atoms with Crippen LogP contribution in [0.1, 0.15) is 24.8 Å². The molecule has 1 heterocycles. The molecule has 2 unspecified atom stereocenters. The van der Waals surface area contributed by atoms with E-state index in [4.69, 9.17) is 0 Å². The van der Waals surface area contributed by atoms with Gasteiger partial charge in [-0.1, -0.05) is 42.5 Å². The van der Waals surface area contributed by atoms with E-state index in [1.807, 2.05) is 42.5 Å². The molecule has 0 aliphatic carbocycles. The third-order valence-electron chi connectivity index (χ3n) is 4.50. The lowest BCUT2D eigenvalue weighted by molar-refractivity contribution is -0.121. The molecular weight excluding hydrogens is 342 g/mol. The van der Waals surface area contributed by atoms with Crippen LogP contribution in [0.2, 0.25) is 0 Å². The Bertz CT molecular complexity index is 967. The predicted octanol–water partition coefficient (Wildman–Crippen LogP) is 2.07. The van der Waals surface area contributed by atoms with E-state index < -0.39 is 6.10 Å². The standard InChI is InChI=1S/C21H23N3O3/c1-15(25)11-17(16-7-3-2-4-8-16)12-23-20(26)14-24-19-10-6-5-9-18(19)22-13-21(24)27/h2-10,13,15,17,25H,11-12,14H2,1H3,(H,23,26). The first-order chi connectivity index (χ1) is 13.0. The Morgan fingerprint density at radius 2 is 1.85 bits per heavy atom. The molecule has 0 radical (unpaired) electrons. The van der Waals surface area contributed by atoms with Crippen LogP contribution in [0, 0.1) is 0 Å². The third kappa shape index (κ3) is 4.80. The van der Waals surface area contributed by atoms with Crippen LogP contribution in [-0.4, -0.2) is 33.2 Å². The van der Waals surface area contributed by atoms with Crippen molar-refractivity contribution in [3.8, 4) is 0 Å². The molecule has 6 heteroatoms.